The molecule has 3 heterocycles. The van der Waals surface area contributed by atoms with E-state index in [1.165, 1.54) is 11.3 Å². The van der Waals surface area contributed by atoms with Gasteiger partial charge in [-0.05, 0) is 47.7 Å². The van der Waals surface area contributed by atoms with E-state index in [0.29, 0.717) is 27.6 Å². The molecule has 1 aliphatic heterocycles. The van der Waals surface area contributed by atoms with Crippen LogP contribution in [0.15, 0.2) is 78.3 Å². The second-order valence-corrected chi connectivity index (χ2v) is 9.89. The summed E-state index contributed by atoms with van der Waals surface area (Å²) in [7, 11) is 0. The van der Waals surface area contributed by atoms with Crippen molar-refractivity contribution in [3.8, 4) is 0 Å². The first-order chi connectivity index (χ1) is 17.5. The van der Waals surface area contributed by atoms with Gasteiger partial charge in [0.1, 0.15) is 12.3 Å². The maximum Gasteiger partial charge on any atom is 0.338 e. The van der Waals surface area contributed by atoms with Gasteiger partial charge in [-0.1, -0.05) is 53.2 Å². The Labute approximate surface area is 216 Å². The maximum atomic E-state index is 13.3. The molecule has 1 fully saturated rings. The molecule has 0 unspecified atom stereocenters. The molecular weight excluding hydrogens is 500 g/mol. The number of aromatic nitrogens is 3. The predicted octanol–water partition coefficient (Wildman–Crippen LogP) is 4.54. The zero-order chi connectivity index (χ0) is 25.1. The third-order valence-corrected chi connectivity index (χ3v) is 7.28. The van der Waals surface area contributed by atoms with Crippen LogP contribution in [0.3, 0.4) is 0 Å². The summed E-state index contributed by atoms with van der Waals surface area (Å²) in [4.78, 5) is 27.8. The Kier molecular flexibility index (Phi) is 7.13. The lowest BCUT2D eigenvalue weighted by Gasteiger charge is -2.42. The number of nitrogens with zero attached hydrogens (tertiary/aromatic N) is 4. The first kappa shape index (κ1) is 24.2. The van der Waals surface area contributed by atoms with Crippen molar-refractivity contribution in [2.45, 2.75) is 31.2 Å². The summed E-state index contributed by atoms with van der Waals surface area (Å²) in [5.74, 6) is -0.581. The minimum absolute atomic E-state index is 0.0415. The normalized spacial score (nSPS) is 19.7. The summed E-state index contributed by atoms with van der Waals surface area (Å²) < 4.78 is 6.94. The molecule has 1 N–H and O–H groups in total. The molecular formula is C26H23ClN4O4S. The molecule has 0 radical (unpaired) electrons. The average Bonchev–Trinajstić information content (AvgIpc) is 3.61. The number of thiophene rings is 1. The van der Waals surface area contributed by atoms with Crippen LogP contribution < -0.4 is 0 Å². The lowest BCUT2D eigenvalue weighted by Crippen LogP contribution is -2.49. The van der Waals surface area contributed by atoms with E-state index in [1.54, 1.807) is 58.2 Å². The number of aliphatic hydroxyl groups is 1. The lowest BCUT2D eigenvalue weighted by molar-refractivity contribution is -0.00385. The van der Waals surface area contributed by atoms with Crippen molar-refractivity contribution in [3.63, 3.8) is 0 Å². The number of carbonyl (C=O) groups excluding carboxylic acids is 2. The molecule has 5 rings (SSSR count). The maximum absolute atomic E-state index is 13.3. The zero-order valence-corrected chi connectivity index (χ0v) is 20.7. The molecule has 184 valence electrons. The van der Waals surface area contributed by atoms with E-state index < -0.39 is 18.1 Å². The van der Waals surface area contributed by atoms with Crippen LogP contribution in [0.4, 0.5) is 0 Å². The van der Waals surface area contributed by atoms with Crippen LogP contribution in [-0.4, -0.2) is 49.5 Å². The number of halogens is 1. The number of amides is 1. The highest BCUT2D eigenvalue weighted by atomic mass is 35.5. The van der Waals surface area contributed by atoms with Crippen molar-refractivity contribution < 1.29 is 19.4 Å². The zero-order valence-electron chi connectivity index (χ0n) is 19.1. The van der Waals surface area contributed by atoms with Gasteiger partial charge in [0.25, 0.3) is 5.91 Å². The predicted molar refractivity (Wildman–Crippen MR) is 135 cm³/mol. The van der Waals surface area contributed by atoms with E-state index in [0.717, 1.165) is 5.56 Å². The molecule has 0 spiro atoms. The third kappa shape index (κ3) is 5.18. The van der Waals surface area contributed by atoms with Crippen molar-refractivity contribution in [2.24, 2.45) is 0 Å². The van der Waals surface area contributed by atoms with Gasteiger partial charge in [0.2, 0.25) is 0 Å². The number of aliphatic hydroxyl groups excluding tert-OH is 1. The Hall–Kier alpha value is -3.53. The number of piperidine rings is 1. The van der Waals surface area contributed by atoms with Crippen LogP contribution >= 0.6 is 22.9 Å². The second-order valence-electron chi connectivity index (χ2n) is 8.50. The fourth-order valence-corrected chi connectivity index (χ4v) is 5.16. The average molecular weight is 523 g/mol. The highest BCUT2D eigenvalue weighted by molar-refractivity contribution is 7.12. The fourth-order valence-electron chi connectivity index (χ4n) is 4.35. The standard InChI is InChI=1S/C26H23ClN4O4S/c27-19-10-8-17(9-11-19)21-13-22(23(32)15-30(21)25(33)24-7-4-12-36-24)31-14-20(28-29-31)16-35-26(34)18-5-2-1-3-6-18/h1-12,14,21-23,32H,13,15-16H2/t21-,22-,23-/m1/s1. The summed E-state index contributed by atoms with van der Waals surface area (Å²) in [5, 5.41) is 21.8. The summed E-state index contributed by atoms with van der Waals surface area (Å²) >= 11 is 7.46. The first-order valence-corrected chi connectivity index (χ1v) is 12.7. The number of carbonyl (C=O) groups is 2. The number of esters is 1. The topological polar surface area (TPSA) is 97.5 Å². The van der Waals surface area contributed by atoms with Crippen LogP contribution in [0.5, 0.6) is 0 Å². The highest BCUT2D eigenvalue weighted by Crippen LogP contribution is 2.38. The van der Waals surface area contributed by atoms with Gasteiger partial charge in [-0.15, -0.1) is 16.4 Å². The van der Waals surface area contributed by atoms with Crippen molar-refractivity contribution in [3.05, 3.63) is 105 Å². The number of ether oxygens (including phenoxy) is 1. The van der Waals surface area contributed by atoms with E-state index in [-0.39, 0.29) is 25.1 Å². The Morgan fingerprint density at radius 3 is 2.58 bits per heavy atom. The van der Waals surface area contributed by atoms with Crippen LogP contribution in [0.25, 0.3) is 0 Å². The molecule has 8 nitrogen and oxygen atoms in total. The second kappa shape index (κ2) is 10.6. The van der Waals surface area contributed by atoms with Gasteiger partial charge in [0.05, 0.1) is 34.8 Å². The summed E-state index contributed by atoms with van der Waals surface area (Å²) in [6, 6.07) is 19.0. The lowest BCUT2D eigenvalue weighted by atomic mass is 9.90. The Morgan fingerprint density at radius 2 is 1.86 bits per heavy atom. The summed E-state index contributed by atoms with van der Waals surface area (Å²) in [6.45, 7) is 0.0903. The molecule has 0 aliphatic carbocycles. The number of benzene rings is 2. The SMILES string of the molecule is O=C(OCc1cn([C@@H]2C[C@H](c3ccc(Cl)cc3)N(C(=O)c3cccs3)C[C@H]2O)nn1)c1ccccc1. The minimum atomic E-state index is -0.862. The molecule has 36 heavy (non-hydrogen) atoms. The van der Waals surface area contributed by atoms with Gasteiger partial charge in [-0.25, -0.2) is 9.48 Å². The van der Waals surface area contributed by atoms with Crippen LogP contribution in [0.2, 0.25) is 5.02 Å². The quantitative estimate of drug-likeness (QED) is 0.373. The van der Waals surface area contributed by atoms with Gasteiger partial charge in [0, 0.05) is 11.6 Å². The van der Waals surface area contributed by atoms with E-state index in [2.05, 4.69) is 10.3 Å². The highest BCUT2D eigenvalue weighted by Gasteiger charge is 2.40. The Morgan fingerprint density at radius 1 is 1.08 bits per heavy atom. The van der Waals surface area contributed by atoms with Crippen molar-refractivity contribution in [1.29, 1.82) is 0 Å². The van der Waals surface area contributed by atoms with Gasteiger partial charge < -0.3 is 14.7 Å². The van der Waals surface area contributed by atoms with Gasteiger partial charge in [-0.3, -0.25) is 4.79 Å². The molecule has 3 atom stereocenters. The fraction of sp³-hybridized carbons (Fsp3) is 0.231. The number of hydrogen-bond acceptors (Lipinski definition) is 7. The Balaban J connectivity index is 1.34. The molecule has 10 heteroatoms. The number of hydrogen-bond donors (Lipinski definition) is 1. The molecule has 2 aromatic heterocycles. The van der Waals surface area contributed by atoms with Crippen molar-refractivity contribution in [2.75, 3.05) is 6.54 Å². The minimum Gasteiger partial charge on any atom is -0.455 e. The number of rotatable bonds is 6. The first-order valence-electron chi connectivity index (χ1n) is 11.4. The smallest absolute Gasteiger partial charge is 0.338 e. The van der Waals surface area contributed by atoms with Gasteiger partial charge in [0.15, 0.2) is 0 Å². The molecule has 1 aliphatic rings. The Bertz CT molecular complexity index is 1330. The molecule has 2 aromatic carbocycles. The summed E-state index contributed by atoms with van der Waals surface area (Å²) in [5.41, 5.74) is 1.83. The molecule has 1 saturated heterocycles. The summed E-state index contributed by atoms with van der Waals surface area (Å²) in [6.07, 6.45) is 1.23. The van der Waals surface area contributed by atoms with E-state index in [4.69, 9.17) is 16.3 Å². The number of β-amino-alcohol motifs (C(OH)–C–C–N with tert-alkyl or cyclic N) is 1. The van der Waals surface area contributed by atoms with Crippen LogP contribution in [0.1, 0.15) is 49.8 Å². The third-order valence-electron chi connectivity index (χ3n) is 6.17. The van der Waals surface area contributed by atoms with E-state index in [1.807, 2.05) is 29.6 Å². The molecule has 4 aromatic rings. The largest absolute Gasteiger partial charge is 0.455 e. The van der Waals surface area contributed by atoms with Gasteiger partial charge >= 0.3 is 5.97 Å². The number of likely N-dealkylation sites (tertiary alicyclic amines) is 1. The molecule has 1 amide bonds. The van der Waals surface area contributed by atoms with Crippen molar-refractivity contribution >= 4 is 34.8 Å². The van der Waals surface area contributed by atoms with Crippen molar-refractivity contribution in [1.82, 2.24) is 19.9 Å². The van der Waals surface area contributed by atoms with E-state index in [9.17, 15) is 14.7 Å². The van der Waals surface area contributed by atoms with Crippen LogP contribution in [-0.2, 0) is 11.3 Å². The molecule has 0 saturated carbocycles. The monoisotopic (exact) mass is 522 g/mol. The van der Waals surface area contributed by atoms with Gasteiger partial charge in [-0.2, -0.15) is 0 Å². The van der Waals surface area contributed by atoms with E-state index >= 15 is 0 Å². The van der Waals surface area contributed by atoms with Crippen LogP contribution in [0, 0.1) is 0 Å². The molecule has 0 bridgehead atoms.